The summed E-state index contributed by atoms with van der Waals surface area (Å²) in [5, 5.41) is 12.1. The highest BCUT2D eigenvalue weighted by Crippen LogP contribution is 2.17. The quantitative estimate of drug-likeness (QED) is 0.806. The first-order valence-corrected chi connectivity index (χ1v) is 5.45. The van der Waals surface area contributed by atoms with Crippen LogP contribution in [0.1, 0.15) is 19.4 Å². The van der Waals surface area contributed by atoms with E-state index in [2.05, 4.69) is 30.3 Å². The molecule has 0 atom stereocenters. The van der Waals surface area contributed by atoms with Crippen molar-refractivity contribution in [2.75, 3.05) is 0 Å². The fourth-order valence-corrected chi connectivity index (χ4v) is 1.61. The largest absolute Gasteiger partial charge is 0.386 e. The van der Waals surface area contributed by atoms with Crippen LogP contribution in [0.4, 0.5) is 0 Å². The lowest BCUT2D eigenvalue weighted by molar-refractivity contribution is 0.134. The Hall–Kier alpha value is -1.60. The van der Waals surface area contributed by atoms with Crippen LogP contribution >= 0.6 is 0 Å². The molecule has 16 heavy (non-hydrogen) atoms. The molecule has 0 aliphatic rings. The van der Waals surface area contributed by atoms with E-state index in [4.69, 9.17) is 0 Å². The molecule has 0 saturated carbocycles. The smallest absolute Gasteiger partial charge is 0.0774 e. The van der Waals surface area contributed by atoms with Gasteiger partial charge in [-0.25, -0.2) is 0 Å². The van der Waals surface area contributed by atoms with Gasteiger partial charge in [0.1, 0.15) is 0 Å². The van der Waals surface area contributed by atoms with E-state index in [1.165, 1.54) is 10.8 Å². The fourth-order valence-electron chi connectivity index (χ4n) is 1.61. The van der Waals surface area contributed by atoms with Crippen LogP contribution in [0.3, 0.4) is 0 Å². The van der Waals surface area contributed by atoms with Crippen LogP contribution in [0.2, 0.25) is 0 Å². The summed E-state index contributed by atoms with van der Waals surface area (Å²) in [5.41, 5.74) is 0.354. The van der Waals surface area contributed by atoms with Crippen molar-refractivity contribution in [3.63, 3.8) is 0 Å². The van der Waals surface area contributed by atoms with Gasteiger partial charge >= 0.3 is 0 Å². The third kappa shape index (κ3) is 2.71. The maximum atomic E-state index is 9.61. The summed E-state index contributed by atoms with van der Waals surface area (Å²) in [6.45, 7) is 3.54. The van der Waals surface area contributed by atoms with Gasteiger partial charge in [0.05, 0.1) is 5.60 Å². The highest BCUT2D eigenvalue weighted by molar-refractivity contribution is 5.84. The molecule has 0 amide bonds. The summed E-state index contributed by atoms with van der Waals surface area (Å²) in [6, 6.07) is 14.5. The Morgan fingerprint density at radius 1 is 1.00 bits per heavy atom. The molecule has 2 aromatic carbocycles. The highest BCUT2D eigenvalue weighted by atomic mass is 16.3. The normalized spacial score (nSPS) is 12.4. The van der Waals surface area contributed by atoms with E-state index in [0.717, 1.165) is 5.56 Å². The molecule has 1 heteroatoms. The maximum absolute atomic E-state index is 9.61. The highest BCUT2D eigenvalue weighted by Gasteiger charge is 2.05. The summed E-state index contributed by atoms with van der Waals surface area (Å²) in [5.74, 6) is 0. The van der Waals surface area contributed by atoms with Crippen LogP contribution in [0.5, 0.6) is 0 Å². The number of hydrogen-bond acceptors (Lipinski definition) is 1. The third-order valence-corrected chi connectivity index (χ3v) is 2.46. The first kappa shape index (κ1) is 10.9. The van der Waals surface area contributed by atoms with Gasteiger partial charge in [-0.1, -0.05) is 48.6 Å². The molecule has 1 N–H and O–H groups in total. The van der Waals surface area contributed by atoms with Gasteiger partial charge in [0.25, 0.3) is 0 Å². The average molecular weight is 212 g/mol. The van der Waals surface area contributed by atoms with Crippen LogP contribution < -0.4 is 0 Å². The Kier molecular flexibility index (Phi) is 2.80. The molecular weight excluding hydrogens is 196 g/mol. The van der Waals surface area contributed by atoms with Crippen LogP contribution in [-0.2, 0) is 0 Å². The summed E-state index contributed by atoms with van der Waals surface area (Å²) in [4.78, 5) is 0. The first-order valence-electron chi connectivity index (χ1n) is 5.45. The molecule has 0 fully saturated rings. The minimum atomic E-state index is -0.758. The molecule has 0 aliphatic heterocycles. The number of rotatable bonds is 2. The van der Waals surface area contributed by atoms with Gasteiger partial charge < -0.3 is 5.11 Å². The van der Waals surface area contributed by atoms with Gasteiger partial charge in [0, 0.05) is 0 Å². The summed E-state index contributed by atoms with van der Waals surface area (Å²) >= 11 is 0. The van der Waals surface area contributed by atoms with Gasteiger partial charge in [-0.2, -0.15) is 0 Å². The van der Waals surface area contributed by atoms with E-state index in [1.54, 1.807) is 19.9 Å². The molecule has 0 unspecified atom stereocenters. The van der Waals surface area contributed by atoms with Gasteiger partial charge in [0.2, 0.25) is 0 Å². The average Bonchev–Trinajstić information content (AvgIpc) is 2.25. The zero-order valence-electron chi connectivity index (χ0n) is 9.64. The molecule has 0 bridgehead atoms. The summed E-state index contributed by atoms with van der Waals surface area (Å²) in [6.07, 6.45) is 3.75. The van der Waals surface area contributed by atoms with E-state index in [9.17, 15) is 5.11 Å². The van der Waals surface area contributed by atoms with Crippen molar-refractivity contribution in [2.45, 2.75) is 19.4 Å². The van der Waals surface area contributed by atoms with Crippen molar-refractivity contribution in [3.05, 3.63) is 54.1 Å². The number of benzene rings is 2. The van der Waals surface area contributed by atoms with Crippen LogP contribution in [0.15, 0.2) is 48.5 Å². The zero-order valence-corrected chi connectivity index (χ0v) is 9.64. The molecular formula is C15H16O. The lowest BCUT2D eigenvalue weighted by atomic mass is 10.0. The number of aliphatic hydroxyl groups is 1. The Morgan fingerprint density at radius 3 is 2.38 bits per heavy atom. The van der Waals surface area contributed by atoms with E-state index in [0.29, 0.717) is 0 Å². The van der Waals surface area contributed by atoms with Gasteiger partial charge in [-0.05, 0) is 36.2 Å². The van der Waals surface area contributed by atoms with Crippen molar-refractivity contribution >= 4 is 16.8 Å². The van der Waals surface area contributed by atoms with Crippen LogP contribution in [0.25, 0.3) is 16.8 Å². The molecule has 0 radical (unpaired) electrons. The Labute approximate surface area is 96.0 Å². The van der Waals surface area contributed by atoms with Crippen molar-refractivity contribution < 1.29 is 5.11 Å². The van der Waals surface area contributed by atoms with E-state index >= 15 is 0 Å². The molecule has 2 rings (SSSR count). The molecule has 0 heterocycles. The second-order valence-electron chi connectivity index (χ2n) is 4.59. The van der Waals surface area contributed by atoms with E-state index < -0.39 is 5.60 Å². The predicted molar refractivity (Wildman–Crippen MR) is 69.3 cm³/mol. The Balaban J connectivity index is 2.37. The standard InChI is InChI=1S/C15H16O/c1-15(2,16)10-9-12-7-8-13-5-3-4-6-14(13)11-12/h3-11,16H,1-2H3/b10-9-. The topological polar surface area (TPSA) is 20.2 Å². The Bertz CT molecular complexity index is 518. The molecule has 2 aromatic rings. The summed E-state index contributed by atoms with van der Waals surface area (Å²) < 4.78 is 0. The van der Waals surface area contributed by atoms with Gasteiger partial charge in [-0.15, -0.1) is 0 Å². The van der Waals surface area contributed by atoms with Crippen molar-refractivity contribution in [2.24, 2.45) is 0 Å². The van der Waals surface area contributed by atoms with Gasteiger partial charge in [-0.3, -0.25) is 0 Å². The lowest BCUT2D eigenvalue weighted by Crippen LogP contribution is -2.13. The molecule has 0 spiro atoms. The molecule has 1 nitrogen and oxygen atoms in total. The molecule has 82 valence electrons. The Morgan fingerprint density at radius 2 is 1.69 bits per heavy atom. The predicted octanol–water partition coefficient (Wildman–Crippen LogP) is 3.62. The molecule has 0 aromatic heterocycles. The van der Waals surface area contributed by atoms with Gasteiger partial charge in [0.15, 0.2) is 0 Å². The minimum absolute atomic E-state index is 0.758. The van der Waals surface area contributed by atoms with Crippen molar-refractivity contribution in [1.82, 2.24) is 0 Å². The second-order valence-corrected chi connectivity index (χ2v) is 4.59. The monoisotopic (exact) mass is 212 g/mol. The van der Waals surface area contributed by atoms with Crippen LogP contribution in [-0.4, -0.2) is 10.7 Å². The minimum Gasteiger partial charge on any atom is -0.386 e. The third-order valence-electron chi connectivity index (χ3n) is 2.46. The second kappa shape index (κ2) is 4.11. The maximum Gasteiger partial charge on any atom is 0.0774 e. The van der Waals surface area contributed by atoms with E-state index in [-0.39, 0.29) is 0 Å². The summed E-state index contributed by atoms with van der Waals surface area (Å²) in [7, 11) is 0. The lowest BCUT2D eigenvalue weighted by Gasteiger charge is -2.10. The number of hydrogen-bond donors (Lipinski definition) is 1. The SMILES string of the molecule is CC(C)(O)/C=C\c1ccc2ccccc2c1. The van der Waals surface area contributed by atoms with Crippen molar-refractivity contribution in [1.29, 1.82) is 0 Å². The zero-order chi connectivity index (χ0) is 11.6. The first-order chi connectivity index (χ1) is 7.54. The van der Waals surface area contributed by atoms with Crippen molar-refractivity contribution in [3.8, 4) is 0 Å². The van der Waals surface area contributed by atoms with Crippen LogP contribution in [0, 0.1) is 0 Å². The molecule has 0 aliphatic carbocycles. The fraction of sp³-hybridized carbons (Fsp3) is 0.200. The molecule has 0 saturated heterocycles. The number of fused-ring (bicyclic) bond motifs is 1. The van der Waals surface area contributed by atoms with E-state index in [1.807, 2.05) is 18.2 Å².